The standard InChI is InChI=1S/C15H19Br2N3O/c1-4-13-15(17)14(20(5-2)19-13)9-18-11-6-10(16)7-12(8-11)21-3/h6-8,18H,4-5,9H2,1-3H3. The Kier molecular flexibility index (Phi) is 5.70. The van der Waals surface area contributed by atoms with Crippen molar-refractivity contribution in [2.45, 2.75) is 33.4 Å². The second-order valence-electron chi connectivity index (χ2n) is 4.61. The van der Waals surface area contributed by atoms with Crippen LogP contribution in [0.25, 0.3) is 0 Å². The van der Waals surface area contributed by atoms with Crippen LogP contribution in [0.2, 0.25) is 0 Å². The van der Waals surface area contributed by atoms with Crippen molar-refractivity contribution in [1.29, 1.82) is 0 Å². The third-order valence-corrected chi connectivity index (χ3v) is 4.63. The molecule has 0 unspecified atom stereocenters. The van der Waals surface area contributed by atoms with E-state index in [-0.39, 0.29) is 0 Å². The lowest BCUT2D eigenvalue weighted by atomic mass is 10.2. The summed E-state index contributed by atoms with van der Waals surface area (Å²) in [6.07, 6.45) is 0.922. The molecule has 0 atom stereocenters. The maximum absolute atomic E-state index is 5.28. The van der Waals surface area contributed by atoms with Crippen LogP contribution in [0.5, 0.6) is 5.75 Å². The fourth-order valence-electron chi connectivity index (χ4n) is 2.15. The summed E-state index contributed by atoms with van der Waals surface area (Å²) in [6.45, 7) is 5.78. The highest BCUT2D eigenvalue weighted by molar-refractivity contribution is 9.10. The Labute approximate surface area is 142 Å². The van der Waals surface area contributed by atoms with Crippen LogP contribution in [0.15, 0.2) is 27.1 Å². The maximum atomic E-state index is 5.28. The van der Waals surface area contributed by atoms with Gasteiger partial charge >= 0.3 is 0 Å². The van der Waals surface area contributed by atoms with Crippen molar-refractivity contribution in [3.63, 3.8) is 0 Å². The predicted molar refractivity (Wildman–Crippen MR) is 93.0 cm³/mol. The van der Waals surface area contributed by atoms with Gasteiger partial charge in [0.25, 0.3) is 0 Å². The summed E-state index contributed by atoms with van der Waals surface area (Å²) in [5.41, 5.74) is 3.27. The normalized spacial score (nSPS) is 10.7. The number of hydrogen-bond donors (Lipinski definition) is 1. The molecule has 21 heavy (non-hydrogen) atoms. The van der Waals surface area contributed by atoms with Crippen molar-refractivity contribution >= 4 is 37.5 Å². The molecule has 0 bridgehead atoms. The van der Waals surface area contributed by atoms with E-state index >= 15 is 0 Å². The first-order chi connectivity index (χ1) is 10.1. The van der Waals surface area contributed by atoms with Crippen LogP contribution < -0.4 is 10.1 Å². The smallest absolute Gasteiger partial charge is 0.122 e. The molecule has 0 aliphatic carbocycles. The molecule has 1 aromatic carbocycles. The third-order valence-electron chi connectivity index (χ3n) is 3.26. The molecule has 0 saturated heterocycles. The number of nitrogens with one attached hydrogen (secondary N) is 1. The van der Waals surface area contributed by atoms with Crippen LogP contribution in [-0.4, -0.2) is 16.9 Å². The monoisotopic (exact) mass is 415 g/mol. The van der Waals surface area contributed by atoms with Gasteiger partial charge < -0.3 is 10.1 Å². The zero-order valence-corrected chi connectivity index (χ0v) is 15.6. The Morgan fingerprint density at radius 1 is 1.24 bits per heavy atom. The van der Waals surface area contributed by atoms with Gasteiger partial charge in [-0.1, -0.05) is 22.9 Å². The lowest BCUT2D eigenvalue weighted by Crippen LogP contribution is -2.08. The van der Waals surface area contributed by atoms with Crippen LogP contribution in [-0.2, 0) is 19.5 Å². The summed E-state index contributed by atoms with van der Waals surface area (Å²) >= 11 is 7.15. The molecule has 0 saturated carbocycles. The topological polar surface area (TPSA) is 39.1 Å². The molecule has 0 aliphatic rings. The fraction of sp³-hybridized carbons (Fsp3) is 0.400. The zero-order chi connectivity index (χ0) is 15.4. The van der Waals surface area contributed by atoms with Gasteiger partial charge in [0.2, 0.25) is 0 Å². The number of benzene rings is 1. The highest BCUT2D eigenvalue weighted by Gasteiger charge is 2.13. The van der Waals surface area contributed by atoms with Gasteiger partial charge in [0.1, 0.15) is 5.75 Å². The number of ether oxygens (including phenoxy) is 1. The number of aromatic nitrogens is 2. The van der Waals surface area contributed by atoms with Gasteiger partial charge in [-0.25, -0.2) is 0 Å². The SMILES string of the molecule is CCc1nn(CC)c(CNc2cc(Br)cc(OC)c2)c1Br. The minimum Gasteiger partial charge on any atom is -0.497 e. The van der Waals surface area contributed by atoms with Crippen molar-refractivity contribution < 1.29 is 4.74 Å². The van der Waals surface area contributed by atoms with E-state index in [1.807, 2.05) is 22.9 Å². The summed E-state index contributed by atoms with van der Waals surface area (Å²) in [5.74, 6) is 0.823. The largest absolute Gasteiger partial charge is 0.497 e. The van der Waals surface area contributed by atoms with Crippen molar-refractivity contribution in [3.8, 4) is 5.75 Å². The average Bonchev–Trinajstić information content (AvgIpc) is 2.80. The van der Waals surface area contributed by atoms with Crippen LogP contribution in [0, 0.1) is 0 Å². The second-order valence-corrected chi connectivity index (χ2v) is 6.32. The second kappa shape index (κ2) is 7.31. The van der Waals surface area contributed by atoms with E-state index in [2.05, 4.69) is 56.1 Å². The van der Waals surface area contributed by atoms with E-state index < -0.39 is 0 Å². The Bertz CT molecular complexity index is 626. The molecule has 114 valence electrons. The lowest BCUT2D eigenvalue weighted by Gasteiger charge is -2.10. The van der Waals surface area contributed by atoms with Gasteiger partial charge in [0.05, 0.1) is 29.5 Å². The summed E-state index contributed by atoms with van der Waals surface area (Å²) in [7, 11) is 1.67. The van der Waals surface area contributed by atoms with Crippen LogP contribution in [0.3, 0.4) is 0 Å². The van der Waals surface area contributed by atoms with Crippen molar-refractivity contribution in [2.75, 3.05) is 12.4 Å². The first-order valence-electron chi connectivity index (χ1n) is 6.91. The Morgan fingerprint density at radius 2 is 2.00 bits per heavy atom. The molecule has 0 amide bonds. The Balaban J connectivity index is 2.20. The van der Waals surface area contributed by atoms with E-state index in [1.165, 1.54) is 0 Å². The van der Waals surface area contributed by atoms with E-state index in [1.54, 1.807) is 7.11 Å². The Hall–Kier alpha value is -1.01. The summed E-state index contributed by atoms with van der Waals surface area (Å²) in [6, 6.07) is 5.95. The molecule has 2 aromatic rings. The third kappa shape index (κ3) is 3.80. The van der Waals surface area contributed by atoms with Gasteiger partial charge in [-0.05, 0) is 41.4 Å². The van der Waals surface area contributed by atoms with Gasteiger partial charge in [-0.15, -0.1) is 0 Å². The highest BCUT2D eigenvalue weighted by Crippen LogP contribution is 2.27. The molecule has 6 heteroatoms. The van der Waals surface area contributed by atoms with Gasteiger partial charge in [-0.3, -0.25) is 4.68 Å². The van der Waals surface area contributed by atoms with E-state index in [4.69, 9.17) is 4.74 Å². The summed E-state index contributed by atoms with van der Waals surface area (Å²) < 4.78 is 9.40. The summed E-state index contributed by atoms with van der Waals surface area (Å²) in [5, 5.41) is 8.03. The lowest BCUT2D eigenvalue weighted by molar-refractivity contribution is 0.414. The molecular formula is C15H19Br2N3O. The molecular weight excluding hydrogens is 398 g/mol. The molecule has 1 aromatic heterocycles. The number of rotatable bonds is 6. The van der Waals surface area contributed by atoms with E-state index in [9.17, 15) is 0 Å². The number of anilines is 1. The van der Waals surface area contributed by atoms with Crippen LogP contribution in [0.1, 0.15) is 25.2 Å². The maximum Gasteiger partial charge on any atom is 0.122 e. The summed E-state index contributed by atoms with van der Waals surface area (Å²) in [4.78, 5) is 0. The minimum absolute atomic E-state index is 0.709. The number of nitrogens with zero attached hydrogens (tertiary/aromatic N) is 2. The van der Waals surface area contributed by atoms with Gasteiger partial charge in [0, 0.05) is 22.8 Å². The molecule has 1 N–H and O–H groups in total. The molecule has 0 radical (unpaired) electrons. The van der Waals surface area contributed by atoms with Crippen LogP contribution >= 0.6 is 31.9 Å². The van der Waals surface area contributed by atoms with Crippen molar-refractivity contribution in [2.24, 2.45) is 0 Å². The van der Waals surface area contributed by atoms with Crippen LogP contribution in [0.4, 0.5) is 5.69 Å². The fourth-order valence-corrected chi connectivity index (χ4v) is 3.33. The zero-order valence-electron chi connectivity index (χ0n) is 12.4. The van der Waals surface area contributed by atoms with Crippen molar-refractivity contribution in [3.05, 3.63) is 38.5 Å². The van der Waals surface area contributed by atoms with Gasteiger partial charge in [-0.2, -0.15) is 5.10 Å². The Morgan fingerprint density at radius 3 is 2.62 bits per heavy atom. The molecule has 0 fully saturated rings. The number of aryl methyl sites for hydroxylation is 2. The molecule has 2 rings (SSSR count). The first kappa shape index (κ1) is 16.4. The molecule has 0 aliphatic heterocycles. The number of methoxy groups -OCH3 is 1. The van der Waals surface area contributed by atoms with Crippen molar-refractivity contribution in [1.82, 2.24) is 9.78 Å². The minimum atomic E-state index is 0.709. The predicted octanol–water partition coefficient (Wildman–Crippen LogP) is 4.61. The molecule has 0 spiro atoms. The highest BCUT2D eigenvalue weighted by atomic mass is 79.9. The number of hydrogen-bond acceptors (Lipinski definition) is 3. The molecule has 4 nitrogen and oxygen atoms in total. The van der Waals surface area contributed by atoms with E-state index in [0.29, 0.717) is 6.54 Å². The molecule has 1 heterocycles. The average molecular weight is 417 g/mol. The first-order valence-corrected chi connectivity index (χ1v) is 8.50. The number of halogens is 2. The van der Waals surface area contributed by atoms with E-state index in [0.717, 1.165) is 44.7 Å². The van der Waals surface area contributed by atoms with Gasteiger partial charge in [0.15, 0.2) is 0 Å². The quantitative estimate of drug-likeness (QED) is 0.747.